The normalized spacial score (nSPS) is 11.6. The van der Waals surface area contributed by atoms with Crippen molar-refractivity contribution in [2.24, 2.45) is 0 Å². The lowest BCUT2D eigenvalue weighted by atomic mass is 10.2. The van der Waals surface area contributed by atoms with Gasteiger partial charge < -0.3 is 9.16 Å². The van der Waals surface area contributed by atoms with Crippen molar-refractivity contribution in [1.82, 2.24) is 0 Å². The molecular formula is C33H42O2Si. The molecule has 0 amide bonds. The molecule has 0 saturated carbocycles. The van der Waals surface area contributed by atoms with Gasteiger partial charge in [-0.3, -0.25) is 0 Å². The number of unbranched alkanes of at least 4 members (excludes halogenated alkanes) is 4. The van der Waals surface area contributed by atoms with Gasteiger partial charge in [-0.05, 0) is 40.2 Å². The van der Waals surface area contributed by atoms with Crippen molar-refractivity contribution in [2.75, 3.05) is 13.2 Å². The first-order valence-corrected chi connectivity index (χ1v) is 15.3. The Morgan fingerprint density at radius 1 is 0.611 bits per heavy atom. The molecule has 0 aliphatic carbocycles. The number of benzene rings is 3. The van der Waals surface area contributed by atoms with E-state index in [1.807, 2.05) is 6.07 Å². The number of rotatable bonds is 13. The SMILES string of the molecule is CC(C)(C)[Si](OCCCC#CCCCCCOCc1ccccc1)(c1ccccc1)c1ccccc1. The van der Waals surface area contributed by atoms with Crippen LogP contribution in [0, 0.1) is 11.8 Å². The first-order chi connectivity index (χ1) is 17.5. The third-order valence-electron chi connectivity index (χ3n) is 6.51. The molecule has 36 heavy (non-hydrogen) atoms. The minimum atomic E-state index is -2.43. The molecule has 0 aromatic heterocycles. The van der Waals surface area contributed by atoms with Crippen molar-refractivity contribution < 1.29 is 9.16 Å². The van der Waals surface area contributed by atoms with Crippen LogP contribution in [0.15, 0.2) is 91.0 Å². The third kappa shape index (κ3) is 8.20. The molecule has 0 aliphatic heterocycles. The molecule has 0 saturated heterocycles. The van der Waals surface area contributed by atoms with Crippen molar-refractivity contribution >= 4 is 18.7 Å². The fraction of sp³-hybridized carbons (Fsp3) is 0.394. The fourth-order valence-corrected chi connectivity index (χ4v) is 9.29. The minimum Gasteiger partial charge on any atom is -0.407 e. The van der Waals surface area contributed by atoms with Crippen LogP contribution in [-0.4, -0.2) is 21.5 Å². The molecule has 0 fully saturated rings. The summed E-state index contributed by atoms with van der Waals surface area (Å²) in [5.41, 5.74) is 1.24. The molecule has 0 N–H and O–H groups in total. The molecule has 3 rings (SSSR count). The molecule has 190 valence electrons. The van der Waals surface area contributed by atoms with E-state index in [0.717, 1.165) is 45.3 Å². The predicted molar refractivity (Wildman–Crippen MR) is 155 cm³/mol. The third-order valence-corrected chi connectivity index (χ3v) is 11.6. The van der Waals surface area contributed by atoms with Crippen LogP contribution in [0.1, 0.15) is 64.9 Å². The van der Waals surface area contributed by atoms with E-state index < -0.39 is 8.32 Å². The maximum absolute atomic E-state index is 6.94. The maximum atomic E-state index is 6.94. The van der Waals surface area contributed by atoms with Crippen molar-refractivity contribution in [1.29, 1.82) is 0 Å². The summed E-state index contributed by atoms with van der Waals surface area (Å²) < 4.78 is 12.7. The Morgan fingerprint density at radius 3 is 1.69 bits per heavy atom. The van der Waals surface area contributed by atoms with E-state index in [2.05, 4.69) is 118 Å². The summed E-state index contributed by atoms with van der Waals surface area (Å²) in [6.07, 6.45) is 6.22. The van der Waals surface area contributed by atoms with Gasteiger partial charge in [-0.25, -0.2) is 0 Å². The Labute approximate surface area is 220 Å². The molecule has 0 unspecified atom stereocenters. The van der Waals surface area contributed by atoms with Crippen molar-refractivity contribution in [3.8, 4) is 11.8 Å². The molecule has 0 heterocycles. The second-order valence-corrected chi connectivity index (χ2v) is 14.6. The molecule has 0 radical (unpaired) electrons. The van der Waals surface area contributed by atoms with Gasteiger partial charge in [0.15, 0.2) is 0 Å². The summed E-state index contributed by atoms with van der Waals surface area (Å²) in [6.45, 7) is 9.24. The topological polar surface area (TPSA) is 18.5 Å². The van der Waals surface area contributed by atoms with Crippen LogP contribution >= 0.6 is 0 Å². The molecule has 0 atom stereocenters. The van der Waals surface area contributed by atoms with E-state index >= 15 is 0 Å². The van der Waals surface area contributed by atoms with Gasteiger partial charge in [0.2, 0.25) is 0 Å². The van der Waals surface area contributed by atoms with Crippen LogP contribution in [0.25, 0.3) is 0 Å². The highest BCUT2D eigenvalue weighted by molar-refractivity contribution is 6.99. The van der Waals surface area contributed by atoms with Gasteiger partial charge in [-0.1, -0.05) is 118 Å². The highest BCUT2D eigenvalue weighted by Crippen LogP contribution is 2.36. The largest absolute Gasteiger partial charge is 0.407 e. The Morgan fingerprint density at radius 2 is 1.14 bits per heavy atom. The first-order valence-electron chi connectivity index (χ1n) is 13.4. The van der Waals surface area contributed by atoms with E-state index in [1.54, 1.807) is 0 Å². The summed E-state index contributed by atoms with van der Waals surface area (Å²) in [4.78, 5) is 0. The molecule has 0 bridgehead atoms. The summed E-state index contributed by atoms with van der Waals surface area (Å²) in [6, 6.07) is 32.1. The van der Waals surface area contributed by atoms with Gasteiger partial charge >= 0.3 is 0 Å². The zero-order valence-corrected chi connectivity index (χ0v) is 23.3. The average Bonchev–Trinajstić information content (AvgIpc) is 2.90. The van der Waals surface area contributed by atoms with E-state index in [1.165, 1.54) is 22.4 Å². The van der Waals surface area contributed by atoms with Gasteiger partial charge in [-0.15, -0.1) is 11.8 Å². The summed E-state index contributed by atoms with van der Waals surface area (Å²) >= 11 is 0. The first kappa shape index (κ1) is 27.9. The van der Waals surface area contributed by atoms with Crippen LogP contribution in [0.5, 0.6) is 0 Å². The quantitative estimate of drug-likeness (QED) is 0.142. The molecule has 3 aromatic carbocycles. The summed E-state index contributed by atoms with van der Waals surface area (Å²) in [5, 5.41) is 2.69. The molecule has 2 nitrogen and oxygen atoms in total. The lowest BCUT2D eigenvalue weighted by Crippen LogP contribution is -2.66. The summed E-state index contributed by atoms with van der Waals surface area (Å²) in [7, 11) is -2.43. The van der Waals surface area contributed by atoms with Crippen LogP contribution in [0.3, 0.4) is 0 Å². The predicted octanol–water partition coefficient (Wildman–Crippen LogP) is 7.12. The zero-order valence-electron chi connectivity index (χ0n) is 22.3. The molecule has 3 heteroatoms. The van der Waals surface area contributed by atoms with Crippen LogP contribution < -0.4 is 10.4 Å². The molecule has 0 spiro atoms. The Hall–Kier alpha value is -2.64. The zero-order chi connectivity index (χ0) is 25.5. The van der Waals surface area contributed by atoms with Crippen LogP contribution in [0.2, 0.25) is 5.04 Å². The molecule has 0 aliphatic rings. The molecular weight excluding hydrogens is 456 g/mol. The maximum Gasteiger partial charge on any atom is 0.261 e. The molecule has 3 aromatic rings. The summed E-state index contributed by atoms with van der Waals surface area (Å²) in [5.74, 6) is 6.73. The van der Waals surface area contributed by atoms with Gasteiger partial charge in [0.25, 0.3) is 8.32 Å². The monoisotopic (exact) mass is 498 g/mol. The van der Waals surface area contributed by atoms with E-state index in [0.29, 0.717) is 6.61 Å². The highest BCUT2D eigenvalue weighted by atomic mass is 28.4. The van der Waals surface area contributed by atoms with E-state index in [4.69, 9.17) is 9.16 Å². The number of hydrogen-bond donors (Lipinski definition) is 0. The van der Waals surface area contributed by atoms with Crippen LogP contribution in [0.4, 0.5) is 0 Å². The van der Waals surface area contributed by atoms with Gasteiger partial charge in [0, 0.05) is 26.1 Å². The Kier molecular flexibility index (Phi) is 11.5. The highest BCUT2D eigenvalue weighted by Gasteiger charge is 2.49. The smallest absolute Gasteiger partial charge is 0.261 e. The van der Waals surface area contributed by atoms with E-state index in [-0.39, 0.29) is 5.04 Å². The van der Waals surface area contributed by atoms with Gasteiger partial charge in [-0.2, -0.15) is 0 Å². The van der Waals surface area contributed by atoms with Crippen molar-refractivity contribution in [3.05, 3.63) is 96.6 Å². The second kappa shape index (κ2) is 14.8. The average molecular weight is 499 g/mol. The lowest BCUT2D eigenvalue weighted by molar-refractivity contribution is 0.117. The van der Waals surface area contributed by atoms with Crippen molar-refractivity contribution in [2.45, 2.75) is 70.9 Å². The standard InChI is InChI=1S/C33H42O2Si/c1-33(2,3)36(31-23-15-11-16-24-31,32-25-17-12-18-26-32)35-28-20-9-7-5-4-6-8-19-27-34-29-30-21-13-10-14-22-30/h10-18,21-26H,4,6,8-9,19-20,27-29H2,1-3H3. The second-order valence-electron chi connectivity index (χ2n) is 10.3. The van der Waals surface area contributed by atoms with E-state index in [9.17, 15) is 0 Å². The van der Waals surface area contributed by atoms with Gasteiger partial charge in [0.1, 0.15) is 0 Å². The van der Waals surface area contributed by atoms with Crippen LogP contribution in [-0.2, 0) is 15.8 Å². The van der Waals surface area contributed by atoms with Gasteiger partial charge in [0.05, 0.1) is 6.61 Å². The number of hydrogen-bond acceptors (Lipinski definition) is 2. The lowest BCUT2D eigenvalue weighted by Gasteiger charge is -2.43. The Bertz CT molecular complexity index is 1010. The van der Waals surface area contributed by atoms with Crippen molar-refractivity contribution in [3.63, 3.8) is 0 Å². The number of ether oxygens (including phenoxy) is 1. The minimum absolute atomic E-state index is 0.0200. The Balaban J connectivity index is 1.41. The fourth-order valence-electron chi connectivity index (χ4n) is 4.68.